The highest BCUT2D eigenvalue weighted by atomic mass is 16.5. The van der Waals surface area contributed by atoms with E-state index < -0.39 is 5.69 Å². The molecular formula is C17H21N3O4. The van der Waals surface area contributed by atoms with Gasteiger partial charge in [-0.05, 0) is 31.5 Å². The summed E-state index contributed by atoms with van der Waals surface area (Å²) in [7, 11) is 0. The SMILES string of the molecule is CC[C@H]1COCCN1C(=O)c1ccc2c(=O)n(CC)c(=O)[nH]c2c1. The van der Waals surface area contributed by atoms with Gasteiger partial charge < -0.3 is 14.6 Å². The topological polar surface area (TPSA) is 84.4 Å². The van der Waals surface area contributed by atoms with Gasteiger partial charge in [0, 0.05) is 18.7 Å². The van der Waals surface area contributed by atoms with Crippen molar-refractivity contribution in [2.24, 2.45) is 0 Å². The van der Waals surface area contributed by atoms with Crippen molar-refractivity contribution in [1.82, 2.24) is 14.5 Å². The standard InChI is InChI=1S/C17H21N3O4/c1-3-12-10-24-8-7-20(12)15(21)11-5-6-13-14(9-11)18-17(23)19(4-2)16(13)22/h5-6,9,12H,3-4,7-8,10H2,1-2H3,(H,18,23)/t12-/m0/s1. The first-order chi connectivity index (χ1) is 11.6. The molecule has 1 aromatic heterocycles. The number of nitrogens with zero attached hydrogens (tertiary/aromatic N) is 2. The highest BCUT2D eigenvalue weighted by Gasteiger charge is 2.27. The minimum atomic E-state index is -0.461. The number of amides is 1. The molecule has 1 fully saturated rings. The molecule has 1 atom stereocenters. The number of ether oxygens (including phenoxy) is 1. The largest absolute Gasteiger partial charge is 0.377 e. The average molecular weight is 331 g/mol. The average Bonchev–Trinajstić information content (AvgIpc) is 2.61. The number of hydrogen-bond acceptors (Lipinski definition) is 4. The van der Waals surface area contributed by atoms with E-state index in [9.17, 15) is 14.4 Å². The van der Waals surface area contributed by atoms with Crippen molar-refractivity contribution in [2.45, 2.75) is 32.9 Å². The second-order valence-corrected chi connectivity index (χ2v) is 5.88. The van der Waals surface area contributed by atoms with E-state index in [2.05, 4.69) is 4.98 Å². The Morgan fingerprint density at radius 2 is 2.12 bits per heavy atom. The molecular weight excluding hydrogens is 310 g/mol. The molecule has 1 amide bonds. The number of aromatic nitrogens is 2. The monoisotopic (exact) mass is 331 g/mol. The van der Waals surface area contributed by atoms with E-state index in [0.29, 0.717) is 42.8 Å². The number of nitrogens with one attached hydrogen (secondary N) is 1. The van der Waals surface area contributed by atoms with Crippen LogP contribution >= 0.6 is 0 Å². The van der Waals surface area contributed by atoms with Crippen molar-refractivity contribution in [3.63, 3.8) is 0 Å². The summed E-state index contributed by atoms with van der Waals surface area (Å²) in [5.74, 6) is -0.104. The fraction of sp³-hybridized carbons (Fsp3) is 0.471. The van der Waals surface area contributed by atoms with Crippen LogP contribution in [-0.2, 0) is 11.3 Å². The molecule has 0 radical (unpaired) electrons. The van der Waals surface area contributed by atoms with Gasteiger partial charge in [0.2, 0.25) is 0 Å². The molecule has 0 spiro atoms. The van der Waals surface area contributed by atoms with Crippen LogP contribution in [0.25, 0.3) is 10.9 Å². The zero-order chi connectivity index (χ0) is 17.3. The van der Waals surface area contributed by atoms with Crippen molar-refractivity contribution in [3.8, 4) is 0 Å². The lowest BCUT2D eigenvalue weighted by Gasteiger charge is -2.35. The molecule has 128 valence electrons. The molecule has 0 saturated carbocycles. The van der Waals surface area contributed by atoms with E-state index in [1.165, 1.54) is 0 Å². The number of morpholine rings is 1. The lowest BCUT2D eigenvalue weighted by atomic mass is 10.1. The van der Waals surface area contributed by atoms with Crippen molar-refractivity contribution >= 4 is 16.8 Å². The Morgan fingerprint density at radius 1 is 1.33 bits per heavy atom. The second-order valence-electron chi connectivity index (χ2n) is 5.88. The zero-order valence-electron chi connectivity index (χ0n) is 13.9. The minimum Gasteiger partial charge on any atom is -0.377 e. The maximum absolute atomic E-state index is 12.8. The normalized spacial score (nSPS) is 18.1. The van der Waals surface area contributed by atoms with Crippen LogP contribution in [0.1, 0.15) is 30.6 Å². The van der Waals surface area contributed by atoms with Crippen LogP contribution in [0.15, 0.2) is 27.8 Å². The Morgan fingerprint density at radius 3 is 2.83 bits per heavy atom. The summed E-state index contributed by atoms with van der Waals surface area (Å²) >= 11 is 0. The number of fused-ring (bicyclic) bond motifs is 1. The third kappa shape index (κ3) is 2.75. The summed E-state index contributed by atoms with van der Waals surface area (Å²) in [6.07, 6.45) is 0.817. The van der Waals surface area contributed by atoms with E-state index in [4.69, 9.17) is 4.74 Å². The number of aromatic amines is 1. The highest BCUT2D eigenvalue weighted by molar-refractivity contribution is 5.97. The number of rotatable bonds is 3. The van der Waals surface area contributed by atoms with Crippen LogP contribution in [0.4, 0.5) is 0 Å². The van der Waals surface area contributed by atoms with Crippen LogP contribution in [0, 0.1) is 0 Å². The number of carbonyl (C=O) groups excluding carboxylic acids is 1. The number of carbonyl (C=O) groups is 1. The number of hydrogen-bond donors (Lipinski definition) is 1. The molecule has 2 aromatic rings. The quantitative estimate of drug-likeness (QED) is 0.908. The Hall–Kier alpha value is -2.41. The molecule has 1 N–H and O–H groups in total. The van der Waals surface area contributed by atoms with Crippen molar-refractivity contribution < 1.29 is 9.53 Å². The number of benzene rings is 1. The number of H-pyrrole nitrogens is 1. The van der Waals surface area contributed by atoms with E-state index in [1.54, 1.807) is 30.0 Å². The molecule has 7 heteroatoms. The Balaban J connectivity index is 2.03. The summed E-state index contributed by atoms with van der Waals surface area (Å²) in [5, 5.41) is 0.405. The van der Waals surface area contributed by atoms with Gasteiger partial charge in [0.15, 0.2) is 0 Å². The fourth-order valence-corrected chi connectivity index (χ4v) is 3.10. The van der Waals surface area contributed by atoms with Gasteiger partial charge in [0.1, 0.15) is 0 Å². The summed E-state index contributed by atoms with van der Waals surface area (Å²) in [5.41, 5.74) is 0.0551. The van der Waals surface area contributed by atoms with Crippen LogP contribution in [-0.4, -0.2) is 46.2 Å². The van der Waals surface area contributed by atoms with Gasteiger partial charge in [-0.15, -0.1) is 0 Å². The lowest BCUT2D eigenvalue weighted by Crippen LogP contribution is -2.48. The van der Waals surface area contributed by atoms with Gasteiger partial charge >= 0.3 is 5.69 Å². The van der Waals surface area contributed by atoms with Crippen LogP contribution in [0.2, 0.25) is 0 Å². The first kappa shape index (κ1) is 16.4. The summed E-state index contributed by atoms with van der Waals surface area (Å²) in [6.45, 7) is 5.66. The van der Waals surface area contributed by atoms with E-state index in [0.717, 1.165) is 11.0 Å². The fourth-order valence-electron chi connectivity index (χ4n) is 3.10. The molecule has 0 unspecified atom stereocenters. The minimum absolute atomic E-state index is 0.0501. The molecule has 3 rings (SSSR count). The molecule has 7 nitrogen and oxygen atoms in total. The van der Waals surface area contributed by atoms with E-state index in [1.807, 2.05) is 6.92 Å². The molecule has 0 bridgehead atoms. The predicted octanol–water partition coefficient (Wildman–Crippen LogP) is 0.961. The Labute approximate surface area is 138 Å². The van der Waals surface area contributed by atoms with Crippen molar-refractivity contribution in [1.29, 1.82) is 0 Å². The van der Waals surface area contributed by atoms with Crippen LogP contribution < -0.4 is 11.2 Å². The van der Waals surface area contributed by atoms with E-state index >= 15 is 0 Å². The summed E-state index contributed by atoms with van der Waals surface area (Å²) < 4.78 is 6.57. The Bertz CT molecular complexity index is 884. The highest BCUT2D eigenvalue weighted by Crippen LogP contribution is 2.17. The molecule has 2 heterocycles. The third-order valence-corrected chi connectivity index (χ3v) is 4.50. The predicted molar refractivity (Wildman–Crippen MR) is 90.4 cm³/mol. The van der Waals surface area contributed by atoms with Gasteiger partial charge in [0.25, 0.3) is 11.5 Å². The summed E-state index contributed by atoms with van der Waals surface area (Å²) in [6, 6.07) is 4.89. The van der Waals surface area contributed by atoms with Crippen molar-refractivity contribution in [3.05, 3.63) is 44.6 Å². The first-order valence-corrected chi connectivity index (χ1v) is 8.22. The van der Waals surface area contributed by atoms with Gasteiger partial charge in [-0.25, -0.2) is 4.79 Å². The molecule has 0 aliphatic carbocycles. The Kier molecular flexibility index (Phi) is 4.53. The zero-order valence-corrected chi connectivity index (χ0v) is 13.9. The molecule has 1 aromatic carbocycles. The first-order valence-electron chi connectivity index (χ1n) is 8.22. The van der Waals surface area contributed by atoms with Gasteiger partial charge in [-0.3, -0.25) is 14.2 Å². The maximum atomic E-state index is 12.8. The van der Waals surface area contributed by atoms with Crippen LogP contribution in [0.5, 0.6) is 0 Å². The maximum Gasteiger partial charge on any atom is 0.328 e. The summed E-state index contributed by atoms with van der Waals surface area (Å²) in [4.78, 5) is 41.5. The van der Waals surface area contributed by atoms with Crippen LogP contribution in [0.3, 0.4) is 0 Å². The van der Waals surface area contributed by atoms with Gasteiger partial charge in [-0.2, -0.15) is 0 Å². The van der Waals surface area contributed by atoms with E-state index in [-0.39, 0.29) is 17.5 Å². The van der Waals surface area contributed by atoms with Gasteiger partial charge in [0.05, 0.1) is 30.2 Å². The third-order valence-electron chi connectivity index (χ3n) is 4.50. The second kappa shape index (κ2) is 6.60. The molecule has 1 aliphatic rings. The van der Waals surface area contributed by atoms with Crippen molar-refractivity contribution in [2.75, 3.05) is 19.8 Å². The molecule has 1 aliphatic heterocycles. The smallest absolute Gasteiger partial charge is 0.328 e. The van der Waals surface area contributed by atoms with Gasteiger partial charge in [-0.1, -0.05) is 6.92 Å². The molecule has 1 saturated heterocycles. The molecule has 24 heavy (non-hydrogen) atoms. The lowest BCUT2D eigenvalue weighted by molar-refractivity contribution is -0.00279.